The van der Waals surface area contributed by atoms with Crippen LogP contribution in [-0.2, 0) is 0 Å². The molecule has 0 heterocycles. The van der Waals surface area contributed by atoms with Crippen molar-refractivity contribution in [3.05, 3.63) is 0 Å². The molecule has 0 aliphatic rings. The minimum Gasteiger partial charge on any atom is -0.313 e. The molecule has 15 heavy (non-hydrogen) atoms. The molecule has 1 unspecified atom stereocenters. The van der Waals surface area contributed by atoms with Gasteiger partial charge in [-0.05, 0) is 32.5 Å². The van der Waals surface area contributed by atoms with E-state index >= 15 is 0 Å². The summed E-state index contributed by atoms with van der Waals surface area (Å²) in [6.07, 6.45) is 5.22. The first-order valence-electron chi connectivity index (χ1n) is 6.74. The Morgan fingerprint density at radius 2 is 1.80 bits per heavy atom. The average molecular weight is 214 g/mol. The summed E-state index contributed by atoms with van der Waals surface area (Å²) in [4.78, 5) is 2.58. The predicted molar refractivity (Wildman–Crippen MR) is 69.4 cm³/mol. The molecule has 0 saturated carbocycles. The summed E-state index contributed by atoms with van der Waals surface area (Å²) in [5.41, 5.74) is 0. The maximum Gasteiger partial charge on any atom is 0.0194 e. The highest BCUT2D eigenvalue weighted by Crippen LogP contribution is 2.02. The van der Waals surface area contributed by atoms with Crippen LogP contribution in [0.4, 0.5) is 0 Å². The van der Waals surface area contributed by atoms with Gasteiger partial charge in [-0.1, -0.05) is 40.5 Å². The number of hydrogen-bond acceptors (Lipinski definition) is 2. The van der Waals surface area contributed by atoms with Gasteiger partial charge in [0.1, 0.15) is 0 Å². The monoisotopic (exact) mass is 214 g/mol. The molecular formula is C13H30N2. The summed E-state index contributed by atoms with van der Waals surface area (Å²) in [6.45, 7) is 13.8. The molecule has 0 radical (unpaired) electrons. The number of rotatable bonds is 10. The van der Waals surface area contributed by atoms with E-state index < -0.39 is 0 Å². The van der Waals surface area contributed by atoms with Crippen LogP contribution in [0.15, 0.2) is 0 Å². The van der Waals surface area contributed by atoms with Gasteiger partial charge in [-0.2, -0.15) is 0 Å². The molecule has 0 spiro atoms. The molecular weight excluding hydrogens is 184 g/mol. The number of nitrogens with one attached hydrogen (secondary N) is 1. The number of likely N-dealkylation sites (N-methyl/N-ethyl adjacent to an activating group) is 2. The van der Waals surface area contributed by atoms with Crippen LogP contribution >= 0.6 is 0 Å². The predicted octanol–water partition coefficient (Wildman–Crippen LogP) is 2.89. The minimum atomic E-state index is 0.691. The fourth-order valence-electron chi connectivity index (χ4n) is 1.97. The first-order valence-corrected chi connectivity index (χ1v) is 6.74. The largest absolute Gasteiger partial charge is 0.313 e. The highest BCUT2D eigenvalue weighted by Gasteiger charge is 2.10. The van der Waals surface area contributed by atoms with Crippen LogP contribution in [0.5, 0.6) is 0 Å². The molecule has 0 saturated heterocycles. The Morgan fingerprint density at radius 3 is 2.27 bits per heavy atom. The van der Waals surface area contributed by atoms with Gasteiger partial charge >= 0.3 is 0 Å². The van der Waals surface area contributed by atoms with Crippen LogP contribution in [0.25, 0.3) is 0 Å². The van der Waals surface area contributed by atoms with Crippen molar-refractivity contribution in [1.29, 1.82) is 0 Å². The van der Waals surface area contributed by atoms with E-state index in [1.54, 1.807) is 0 Å². The minimum absolute atomic E-state index is 0.691. The van der Waals surface area contributed by atoms with Gasteiger partial charge in [-0.15, -0.1) is 0 Å². The van der Waals surface area contributed by atoms with Crippen molar-refractivity contribution in [2.45, 2.75) is 59.4 Å². The van der Waals surface area contributed by atoms with E-state index in [-0.39, 0.29) is 0 Å². The number of nitrogens with zero attached hydrogens (tertiary/aromatic N) is 1. The fraction of sp³-hybridized carbons (Fsp3) is 1.00. The zero-order valence-corrected chi connectivity index (χ0v) is 11.2. The summed E-state index contributed by atoms with van der Waals surface area (Å²) < 4.78 is 0. The van der Waals surface area contributed by atoms with Crippen LogP contribution in [0, 0.1) is 0 Å². The van der Waals surface area contributed by atoms with Crippen molar-refractivity contribution in [3.63, 3.8) is 0 Å². The maximum absolute atomic E-state index is 3.58. The summed E-state index contributed by atoms with van der Waals surface area (Å²) in [7, 11) is 0. The molecule has 0 bridgehead atoms. The molecule has 1 N–H and O–H groups in total. The second kappa shape index (κ2) is 10.4. The van der Waals surface area contributed by atoms with Gasteiger partial charge in [0, 0.05) is 12.6 Å². The SMILES string of the molecule is CCCCN(CC)CC(CCC)NCC. The Kier molecular flexibility index (Phi) is 10.4. The van der Waals surface area contributed by atoms with E-state index in [1.165, 1.54) is 45.3 Å². The molecule has 2 heteroatoms. The Bertz CT molecular complexity index is 120. The Hall–Kier alpha value is -0.0800. The number of hydrogen-bond donors (Lipinski definition) is 1. The average Bonchev–Trinajstić information content (AvgIpc) is 2.24. The molecule has 0 aliphatic carbocycles. The van der Waals surface area contributed by atoms with Crippen LogP contribution in [0.3, 0.4) is 0 Å². The highest BCUT2D eigenvalue weighted by molar-refractivity contribution is 4.70. The zero-order valence-electron chi connectivity index (χ0n) is 11.2. The molecule has 1 atom stereocenters. The third-order valence-electron chi connectivity index (χ3n) is 2.88. The Labute approximate surface area is 96.4 Å². The van der Waals surface area contributed by atoms with Gasteiger partial charge in [0.2, 0.25) is 0 Å². The summed E-state index contributed by atoms with van der Waals surface area (Å²) in [5.74, 6) is 0. The second-order valence-electron chi connectivity index (χ2n) is 4.29. The van der Waals surface area contributed by atoms with Crippen molar-refractivity contribution in [1.82, 2.24) is 10.2 Å². The maximum atomic E-state index is 3.58. The van der Waals surface area contributed by atoms with E-state index in [0.717, 1.165) is 6.54 Å². The van der Waals surface area contributed by atoms with Crippen molar-refractivity contribution >= 4 is 0 Å². The molecule has 0 aliphatic heterocycles. The first kappa shape index (κ1) is 14.9. The third-order valence-corrected chi connectivity index (χ3v) is 2.88. The molecule has 0 rings (SSSR count). The lowest BCUT2D eigenvalue weighted by Crippen LogP contribution is -2.41. The van der Waals surface area contributed by atoms with Crippen LogP contribution in [0.2, 0.25) is 0 Å². The Balaban J connectivity index is 3.85. The number of unbranched alkanes of at least 4 members (excludes halogenated alkanes) is 1. The van der Waals surface area contributed by atoms with Crippen molar-refractivity contribution in [2.75, 3.05) is 26.2 Å². The molecule has 2 nitrogen and oxygen atoms in total. The first-order chi connectivity index (χ1) is 7.28. The van der Waals surface area contributed by atoms with Gasteiger partial charge < -0.3 is 10.2 Å². The molecule has 0 aromatic carbocycles. The van der Waals surface area contributed by atoms with Gasteiger partial charge in [-0.25, -0.2) is 0 Å². The topological polar surface area (TPSA) is 15.3 Å². The quantitative estimate of drug-likeness (QED) is 0.601. The van der Waals surface area contributed by atoms with E-state index in [2.05, 4.69) is 37.9 Å². The van der Waals surface area contributed by atoms with Gasteiger partial charge in [-0.3, -0.25) is 0 Å². The molecule has 0 aromatic rings. The van der Waals surface area contributed by atoms with Gasteiger partial charge in [0.25, 0.3) is 0 Å². The lowest BCUT2D eigenvalue weighted by molar-refractivity contribution is 0.244. The van der Waals surface area contributed by atoms with Gasteiger partial charge in [0.05, 0.1) is 0 Å². The fourth-order valence-corrected chi connectivity index (χ4v) is 1.97. The van der Waals surface area contributed by atoms with E-state index in [9.17, 15) is 0 Å². The molecule has 92 valence electrons. The smallest absolute Gasteiger partial charge is 0.0194 e. The normalized spacial score (nSPS) is 13.4. The van der Waals surface area contributed by atoms with Crippen LogP contribution in [-0.4, -0.2) is 37.1 Å². The van der Waals surface area contributed by atoms with E-state index in [4.69, 9.17) is 0 Å². The molecule has 0 amide bonds. The third kappa shape index (κ3) is 7.80. The lowest BCUT2D eigenvalue weighted by Gasteiger charge is -2.26. The van der Waals surface area contributed by atoms with E-state index in [0.29, 0.717) is 6.04 Å². The zero-order chi connectivity index (χ0) is 11.5. The standard InChI is InChI=1S/C13H30N2/c1-5-9-11-15(8-4)12-13(10-6-2)14-7-3/h13-14H,5-12H2,1-4H3. The van der Waals surface area contributed by atoms with Crippen molar-refractivity contribution in [3.8, 4) is 0 Å². The molecule has 0 aromatic heterocycles. The van der Waals surface area contributed by atoms with E-state index in [1.807, 2.05) is 0 Å². The Morgan fingerprint density at radius 1 is 1.07 bits per heavy atom. The molecule has 0 fully saturated rings. The summed E-state index contributed by atoms with van der Waals surface area (Å²) >= 11 is 0. The highest BCUT2D eigenvalue weighted by atomic mass is 15.1. The van der Waals surface area contributed by atoms with Crippen LogP contribution < -0.4 is 5.32 Å². The van der Waals surface area contributed by atoms with Crippen molar-refractivity contribution in [2.24, 2.45) is 0 Å². The van der Waals surface area contributed by atoms with Gasteiger partial charge in [0.15, 0.2) is 0 Å². The lowest BCUT2D eigenvalue weighted by atomic mass is 10.1. The summed E-state index contributed by atoms with van der Waals surface area (Å²) in [5, 5.41) is 3.58. The van der Waals surface area contributed by atoms with Crippen molar-refractivity contribution < 1.29 is 0 Å². The summed E-state index contributed by atoms with van der Waals surface area (Å²) in [6, 6.07) is 0.691. The second-order valence-corrected chi connectivity index (χ2v) is 4.29. The van der Waals surface area contributed by atoms with Crippen LogP contribution in [0.1, 0.15) is 53.4 Å².